The standard InChI is InChI=1S/C21H20ClNO3S/c1-12-4-5-19(26-3)17(6-12)14-7-15(9-16(22)8-14)18(10-20(24)25)21-23-11-13(2)27-21/h4-9,11,18H,10H2,1-3H3,(H,24,25). The maximum atomic E-state index is 11.5. The van der Waals surface area contributed by atoms with Crippen LogP contribution in [0.3, 0.4) is 0 Å². The van der Waals surface area contributed by atoms with Gasteiger partial charge in [-0.15, -0.1) is 11.3 Å². The quantitative estimate of drug-likeness (QED) is 0.575. The van der Waals surface area contributed by atoms with E-state index >= 15 is 0 Å². The number of rotatable bonds is 6. The number of aryl methyl sites for hydroxylation is 2. The van der Waals surface area contributed by atoms with E-state index in [1.54, 1.807) is 13.3 Å². The van der Waals surface area contributed by atoms with E-state index in [1.807, 2.05) is 50.2 Å². The molecule has 0 fully saturated rings. The third kappa shape index (κ3) is 4.49. The van der Waals surface area contributed by atoms with Gasteiger partial charge in [-0.05, 0) is 49.2 Å². The van der Waals surface area contributed by atoms with E-state index in [2.05, 4.69) is 4.98 Å². The average molecular weight is 402 g/mol. The highest BCUT2D eigenvalue weighted by Gasteiger charge is 2.22. The lowest BCUT2D eigenvalue weighted by Crippen LogP contribution is -2.08. The van der Waals surface area contributed by atoms with Crippen LogP contribution in [0.1, 0.15) is 33.4 Å². The molecule has 27 heavy (non-hydrogen) atoms. The fourth-order valence-electron chi connectivity index (χ4n) is 3.07. The summed E-state index contributed by atoms with van der Waals surface area (Å²) < 4.78 is 5.50. The maximum Gasteiger partial charge on any atom is 0.304 e. The minimum Gasteiger partial charge on any atom is -0.496 e. The zero-order chi connectivity index (χ0) is 19.6. The summed E-state index contributed by atoms with van der Waals surface area (Å²) in [6, 6.07) is 11.6. The Morgan fingerprint density at radius 3 is 2.67 bits per heavy atom. The fourth-order valence-corrected chi connectivity index (χ4v) is 4.22. The van der Waals surface area contributed by atoms with E-state index in [9.17, 15) is 9.90 Å². The summed E-state index contributed by atoms with van der Waals surface area (Å²) in [6.45, 7) is 3.97. The Bertz CT molecular complexity index is 983. The summed E-state index contributed by atoms with van der Waals surface area (Å²) in [7, 11) is 1.63. The first-order chi connectivity index (χ1) is 12.9. The zero-order valence-corrected chi connectivity index (χ0v) is 16.9. The van der Waals surface area contributed by atoms with Gasteiger partial charge in [0, 0.05) is 27.6 Å². The topological polar surface area (TPSA) is 59.4 Å². The van der Waals surface area contributed by atoms with Gasteiger partial charge in [0.25, 0.3) is 0 Å². The van der Waals surface area contributed by atoms with Gasteiger partial charge in [-0.2, -0.15) is 0 Å². The molecule has 0 saturated carbocycles. The predicted octanol–water partition coefficient (Wildman–Crippen LogP) is 5.70. The van der Waals surface area contributed by atoms with Gasteiger partial charge in [-0.1, -0.05) is 29.3 Å². The normalized spacial score (nSPS) is 12.0. The average Bonchev–Trinajstić information content (AvgIpc) is 3.05. The predicted molar refractivity (Wildman–Crippen MR) is 109 cm³/mol. The summed E-state index contributed by atoms with van der Waals surface area (Å²) in [5.74, 6) is -0.481. The van der Waals surface area contributed by atoms with E-state index in [0.29, 0.717) is 5.02 Å². The molecule has 6 heteroatoms. The Labute approximate surface area is 167 Å². The number of hydrogen-bond donors (Lipinski definition) is 1. The van der Waals surface area contributed by atoms with Gasteiger partial charge in [0.15, 0.2) is 0 Å². The highest BCUT2D eigenvalue weighted by Crippen LogP contribution is 2.38. The molecule has 3 rings (SSSR count). The number of carboxylic acids is 1. The van der Waals surface area contributed by atoms with Crippen LogP contribution in [0, 0.1) is 13.8 Å². The van der Waals surface area contributed by atoms with E-state index in [4.69, 9.17) is 16.3 Å². The number of aromatic nitrogens is 1. The largest absolute Gasteiger partial charge is 0.496 e. The molecular weight excluding hydrogens is 382 g/mol. The molecule has 0 amide bonds. The molecule has 1 aromatic heterocycles. The first-order valence-corrected chi connectivity index (χ1v) is 9.66. The van der Waals surface area contributed by atoms with Crippen LogP contribution in [0.25, 0.3) is 11.1 Å². The molecule has 3 aromatic rings. The molecule has 0 aliphatic rings. The lowest BCUT2D eigenvalue weighted by molar-refractivity contribution is -0.137. The molecule has 0 aliphatic heterocycles. The van der Waals surface area contributed by atoms with Crippen LogP contribution in [0.4, 0.5) is 0 Å². The molecule has 0 spiro atoms. The van der Waals surface area contributed by atoms with Crippen molar-refractivity contribution in [1.29, 1.82) is 0 Å². The van der Waals surface area contributed by atoms with Crippen molar-refractivity contribution in [2.75, 3.05) is 7.11 Å². The summed E-state index contributed by atoms with van der Waals surface area (Å²) in [4.78, 5) is 16.9. The molecule has 0 radical (unpaired) electrons. The number of thiazole rings is 1. The molecule has 0 saturated heterocycles. The van der Waals surface area contributed by atoms with Crippen LogP contribution < -0.4 is 4.74 Å². The van der Waals surface area contributed by atoms with Gasteiger partial charge in [-0.3, -0.25) is 4.79 Å². The van der Waals surface area contributed by atoms with Crippen molar-refractivity contribution in [1.82, 2.24) is 4.98 Å². The Morgan fingerprint density at radius 2 is 2.04 bits per heavy atom. The van der Waals surface area contributed by atoms with E-state index < -0.39 is 5.97 Å². The summed E-state index contributed by atoms with van der Waals surface area (Å²) >= 11 is 7.91. The van der Waals surface area contributed by atoms with Crippen molar-refractivity contribution >= 4 is 28.9 Å². The summed E-state index contributed by atoms with van der Waals surface area (Å²) in [5.41, 5.74) is 3.75. The number of hydrogen-bond acceptors (Lipinski definition) is 4. The second-order valence-electron chi connectivity index (χ2n) is 6.44. The van der Waals surface area contributed by atoms with Crippen LogP contribution in [0.5, 0.6) is 5.75 Å². The van der Waals surface area contributed by atoms with E-state index in [-0.39, 0.29) is 12.3 Å². The molecular formula is C21H20ClNO3S. The Kier molecular flexibility index (Phi) is 5.82. The minimum atomic E-state index is -0.873. The Morgan fingerprint density at radius 1 is 1.26 bits per heavy atom. The molecule has 0 aliphatic carbocycles. The number of halogens is 1. The number of carbonyl (C=O) groups is 1. The van der Waals surface area contributed by atoms with Crippen LogP contribution in [-0.2, 0) is 4.79 Å². The molecule has 0 bridgehead atoms. The van der Waals surface area contributed by atoms with Crippen molar-refractivity contribution in [2.24, 2.45) is 0 Å². The van der Waals surface area contributed by atoms with Gasteiger partial charge >= 0.3 is 5.97 Å². The number of benzene rings is 2. The van der Waals surface area contributed by atoms with Gasteiger partial charge < -0.3 is 9.84 Å². The Balaban J connectivity index is 2.13. The molecule has 2 aromatic carbocycles. The third-order valence-corrected chi connectivity index (χ3v) is 5.55. The van der Waals surface area contributed by atoms with E-state index in [1.165, 1.54) is 11.3 Å². The van der Waals surface area contributed by atoms with Gasteiger partial charge in [0.05, 0.1) is 13.5 Å². The summed E-state index contributed by atoms with van der Waals surface area (Å²) in [5, 5.41) is 10.7. The van der Waals surface area contributed by atoms with Gasteiger partial charge in [-0.25, -0.2) is 4.98 Å². The number of carboxylic acid groups (broad SMARTS) is 1. The van der Waals surface area contributed by atoms with Crippen LogP contribution in [0.15, 0.2) is 42.6 Å². The number of nitrogens with zero attached hydrogens (tertiary/aromatic N) is 1. The monoisotopic (exact) mass is 401 g/mol. The van der Waals surface area contributed by atoms with Crippen molar-refractivity contribution < 1.29 is 14.6 Å². The van der Waals surface area contributed by atoms with Crippen LogP contribution in [-0.4, -0.2) is 23.2 Å². The first kappa shape index (κ1) is 19.4. The van der Waals surface area contributed by atoms with Crippen LogP contribution >= 0.6 is 22.9 Å². The SMILES string of the molecule is COc1ccc(C)cc1-c1cc(Cl)cc(C(CC(=O)O)c2ncc(C)s2)c1. The second kappa shape index (κ2) is 8.11. The molecule has 4 nitrogen and oxygen atoms in total. The van der Waals surface area contributed by atoms with Crippen molar-refractivity contribution in [3.63, 3.8) is 0 Å². The van der Waals surface area contributed by atoms with Crippen molar-refractivity contribution in [3.05, 3.63) is 68.6 Å². The van der Waals surface area contributed by atoms with Gasteiger partial charge in [0.2, 0.25) is 0 Å². The van der Waals surface area contributed by atoms with Crippen molar-refractivity contribution in [2.45, 2.75) is 26.2 Å². The van der Waals surface area contributed by atoms with E-state index in [0.717, 1.165) is 37.9 Å². The number of aliphatic carboxylic acids is 1. The number of ether oxygens (including phenoxy) is 1. The fraction of sp³-hybridized carbons (Fsp3) is 0.238. The molecule has 1 N–H and O–H groups in total. The van der Waals surface area contributed by atoms with Crippen molar-refractivity contribution in [3.8, 4) is 16.9 Å². The smallest absolute Gasteiger partial charge is 0.304 e. The van der Waals surface area contributed by atoms with Crippen LogP contribution in [0.2, 0.25) is 5.02 Å². The Hall–Kier alpha value is -2.37. The van der Waals surface area contributed by atoms with Gasteiger partial charge in [0.1, 0.15) is 10.8 Å². The molecule has 140 valence electrons. The second-order valence-corrected chi connectivity index (χ2v) is 8.14. The summed E-state index contributed by atoms with van der Waals surface area (Å²) in [6.07, 6.45) is 1.72. The molecule has 1 atom stereocenters. The lowest BCUT2D eigenvalue weighted by atomic mass is 9.92. The molecule has 1 heterocycles. The highest BCUT2D eigenvalue weighted by atomic mass is 35.5. The zero-order valence-electron chi connectivity index (χ0n) is 15.3. The minimum absolute atomic E-state index is 0.0440. The highest BCUT2D eigenvalue weighted by molar-refractivity contribution is 7.11. The number of methoxy groups -OCH3 is 1. The molecule has 1 unspecified atom stereocenters. The first-order valence-electron chi connectivity index (χ1n) is 8.47. The third-order valence-electron chi connectivity index (χ3n) is 4.30. The lowest BCUT2D eigenvalue weighted by Gasteiger charge is -2.16. The maximum absolute atomic E-state index is 11.5.